The third-order valence-electron chi connectivity index (χ3n) is 2.87. The number of likely N-dealkylation sites (N-methyl/N-ethyl adjacent to an activating group) is 1. The summed E-state index contributed by atoms with van der Waals surface area (Å²) in [6.45, 7) is 6.77. The van der Waals surface area contributed by atoms with Gasteiger partial charge < -0.3 is 9.53 Å². The number of rotatable bonds is 3. The van der Waals surface area contributed by atoms with Gasteiger partial charge in [-0.05, 0) is 39.8 Å². The van der Waals surface area contributed by atoms with Crippen LogP contribution in [0.25, 0.3) is 0 Å². The summed E-state index contributed by atoms with van der Waals surface area (Å²) in [5.74, 6) is 0. The molecule has 0 aliphatic rings. The predicted octanol–water partition coefficient (Wildman–Crippen LogP) is 3.67. The Morgan fingerprint density at radius 3 is 2.29 bits per heavy atom. The van der Waals surface area contributed by atoms with E-state index in [4.69, 9.17) is 27.9 Å². The van der Waals surface area contributed by atoms with Crippen LogP contribution in [0.2, 0.25) is 10.2 Å². The number of carbonyl (C=O) groups excluding carboxylic acids is 2. The monoisotopic (exact) mass is 332 g/mol. The molecule has 0 saturated heterocycles. The van der Waals surface area contributed by atoms with Gasteiger partial charge in [0.15, 0.2) is 6.29 Å². The maximum absolute atomic E-state index is 12.2. The highest BCUT2D eigenvalue weighted by atomic mass is 35.5. The lowest BCUT2D eigenvalue weighted by molar-refractivity contribution is -0.117. The Morgan fingerprint density at radius 2 is 1.86 bits per heavy atom. The maximum Gasteiger partial charge on any atom is 0.411 e. The van der Waals surface area contributed by atoms with Crippen molar-refractivity contribution in [1.29, 1.82) is 0 Å². The molecular weight excluding hydrogens is 315 g/mol. The van der Waals surface area contributed by atoms with Crippen LogP contribution in [0.3, 0.4) is 0 Å². The van der Waals surface area contributed by atoms with Crippen LogP contribution in [-0.2, 0) is 15.1 Å². The van der Waals surface area contributed by atoms with Crippen molar-refractivity contribution in [2.75, 3.05) is 7.05 Å². The van der Waals surface area contributed by atoms with Gasteiger partial charge in [-0.3, -0.25) is 4.90 Å². The van der Waals surface area contributed by atoms with E-state index in [1.807, 2.05) is 0 Å². The van der Waals surface area contributed by atoms with Crippen molar-refractivity contribution >= 4 is 35.6 Å². The van der Waals surface area contributed by atoms with Gasteiger partial charge in [0.25, 0.3) is 0 Å². The Labute approximate surface area is 134 Å². The quantitative estimate of drug-likeness (QED) is 0.625. The highest BCUT2D eigenvalue weighted by molar-refractivity contribution is 6.34. The molecule has 0 N–H and O–H groups in total. The first kappa shape index (κ1) is 17.7. The van der Waals surface area contributed by atoms with Gasteiger partial charge in [0.1, 0.15) is 16.3 Å². The van der Waals surface area contributed by atoms with E-state index in [1.54, 1.807) is 27.7 Å². The van der Waals surface area contributed by atoms with E-state index in [0.29, 0.717) is 11.3 Å². The molecule has 1 amide bonds. The van der Waals surface area contributed by atoms with Gasteiger partial charge in [-0.2, -0.15) is 0 Å². The second kappa shape index (κ2) is 6.20. The summed E-state index contributed by atoms with van der Waals surface area (Å²) in [5.41, 5.74) is -1.74. The van der Waals surface area contributed by atoms with Crippen molar-refractivity contribution in [3.05, 3.63) is 28.0 Å². The Balaban J connectivity index is 3.19. The van der Waals surface area contributed by atoms with Crippen molar-refractivity contribution in [2.24, 2.45) is 0 Å². The van der Waals surface area contributed by atoms with E-state index in [2.05, 4.69) is 4.98 Å². The third kappa shape index (κ3) is 4.32. The number of pyridine rings is 1. The van der Waals surface area contributed by atoms with Crippen LogP contribution < -0.4 is 0 Å². The molecule has 1 aromatic heterocycles. The molecule has 7 heteroatoms. The van der Waals surface area contributed by atoms with Crippen molar-refractivity contribution < 1.29 is 14.3 Å². The molecule has 0 aliphatic heterocycles. The number of aromatic nitrogens is 1. The van der Waals surface area contributed by atoms with Crippen molar-refractivity contribution in [3.8, 4) is 0 Å². The summed E-state index contributed by atoms with van der Waals surface area (Å²) < 4.78 is 5.26. The van der Waals surface area contributed by atoms with Gasteiger partial charge in [0.2, 0.25) is 0 Å². The van der Waals surface area contributed by atoms with Crippen molar-refractivity contribution in [3.63, 3.8) is 0 Å². The molecule has 21 heavy (non-hydrogen) atoms. The smallest absolute Gasteiger partial charge is 0.411 e. The number of hydrogen-bond acceptors (Lipinski definition) is 4. The lowest BCUT2D eigenvalue weighted by Crippen LogP contribution is -2.48. The summed E-state index contributed by atoms with van der Waals surface area (Å²) in [4.78, 5) is 29.0. The fraction of sp³-hybridized carbons (Fsp3) is 0.500. The summed E-state index contributed by atoms with van der Waals surface area (Å²) in [7, 11) is 1.46. The SMILES string of the molecule is CN(C(=O)OC(C)(C)C)C(C)(C=O)c1cc(Cl)cc(Cl)n1. The van der Waals surface area contributed by atoms with Gasteiger partial charge in [0, 0.05) is 12.1 Å². The van der Waals surface area contributed by atoms with Gasteiger partial charge in [-0.1, -0.05) is 23.2 Å². The Hall–Kier alpha value is -1.33. The van der Waals surface area contributed by atoms with E-state index >= 15 is 0 Å². The molecule has 1 unspecified atom stereocenters. The minimum Gasteiger partial charge on any atom is -0.444 e. The molecule has 116 valence electrons. The van der Waals surface area contributed by atoms with E-state index in [0.717, 1.165) is 0 Å². The van der Waals surface area contributed by atoms with Gasteiger partial charge in [-0.15, -0.1) is 0 Å². The summed E-state index contributed by atoms with van der Waals surface area (Å²) in [6, 6.07) is 2.94. The van der Waals surface area contributed by atoms with Crippen LogP contribution in [-0.4, -0.2) is 34.9 Å². The number of hydrogen-bond donors (Lipinski definition) is 0. The normalized spacial score (nSPS) is 14.2. The fourth-order valence-electron chi connectivity index (χ4n) is 1.56. The number of nitrogens with zero attached hydrogens (tertiary/aromatic N) is 2. The number of carbonyl (C=O) groups is 2. The first-order chi connectivity index (χ1) is 9.49. The number of halogens is 2. The highest BCUT2D eigenvalue weighted by Crippen LogP contribution is 2.28. The molecule has 0 fully saturated rings. The van der Waals surface area contributed by atoms with Crippen LogP contribution in [0.15, 0.2) is 12.1 Å². The van der Waals surface area contributed by atoms with Crippen molar-refractivity contribution in [2.45, 2.75) is 38.8 Å². The Kier molecular flexibility index (Phi) is 5.23. The molecule has 1 aromatic rings. The second-order valence-electron chi connectivity index (χ2n) is 5.80. The first-order valence-electron chi connectivity index (χ1n) is 6.26. The minimum absolute atomic E-state index is 0.142. The highest BCUT2D eigenvalue weighted by Gasteiger charge is 2.38. The molecular formula is C14H18Cl2N2O3. The maximum atomic E-state index is 12.2. The lowest BCUT2D eigenvalue weighted by atomic mass is 9.97. The second-order valence-corrected chi connectivity index (χ2v) is 6.62. The van der Waals surface area contributed by atoms with Crippen LogP contribution >= 0.6 is 23.2 Å². The molecule has 0 saturated carbocycles. The summed E-state index contributed by atoms with van der Waals surface area (Å²) in [6.07, 6.45) is -0.0404. The number of ether oxygens (including phenoxy) is 1. The van der Waals surface area contributed by atoms with Gasteiger partial charge in [0.05, 0.1) is 5.69 Å². The minimum atomic E-state index is -1.34. The van der Waals surface area contributed by atoms with Crippen LogP contribution in [0, 0.1) is 0 Å². The molecule has 0 radical (unpaired) electrons. The summed E-state index contributed by atoms with van der Waals surface area (Å²) >= 11 is 11.8. The molecule has 0 bridgehead atoms. The summed E-state index contributed by atoms with van der Waals surface area (Å²) in [5, 5.41) is 0.471. The molecule has 0 aromatic carbocycles. The Bertz CT molecular complexity index is 537. The standard InChI is InChI=1S/C14H18Cl2N2O3/c1-13(2,3)21-12(20)18(5)14(4,8-19)10-6-9(15)7-11(16)17-10/h6-8H,1-5H3. The average Bonchev–Trinajstić information content (AvgIpc) is 2.33. The molecule has 0 aliphatic carbocycles. The average molecular weight is 333 g/mol. The predicted molar refractivity (Wildman–Crippen MR) is 81.7 cm³/mol. The van der Waals surface area contributed by atoms with Crippen LogP contribution in [0.1, 0.15) is 33.4 Å². The zero-order valence-electron chi connectivity index (χ0n) is 12.6. The van der Waals surface area contributed by atoms with E-state index in [-0.39, 0.29) is 10.8 Å². The zero-order chi connectivity index (χ0) is 16.4. The van der Waals surface area contributed by atoms with E-state index in [9.17, 15) is 9.59 Å². The fourth-order valence-corrected chi connectivity index (χ4v) is 2.03. The molecule has 1 rings (SSSR count). The molecule has 1 atom stereocenters. The number of aldehydes is 1. The molecule has 0 spiro atoms. The lowest BCUT2D eigenvalue weighted by Gasteiger charge is -2.35. The van der Waals surface area contributed by atoms with Crippen molar-refractivity contribution in [1.82, 2.24) is 9.88 Å². The van der Waals surface area contributed by atoms with Crippen LogP contribution in [0.5, 0.6) is 0 Å². The number of amides is 1. The molecule has 1 heterocycles. The van der Waals surface area contributed by atoms with Gasteiger partial charge >= 0.3 is 6.09 Å². The molecule has 5 nitrogen and oxygen atoms in total. The van der Waals surface area contributed by atoms with Crippen LogP contribution in [0.4, 0.5) is 4.79 Å². The Morgan fingerprint density at radius 1 is 1.29 bits per heavy atom. The first-order valence-corrected chi connectivity index (χ1v) is 7.02. The largest absolute Gasteiger partial charge is 0.444 e. The van der Waals surface area contributed by atoms with E-state index in [1.165, 1.54) is 24.1 Å². The topological polar surface area (TPSA) is 59.5 Å². The zero-order valence-corrected chi connectivity index (χ0v) is 14.1. The third-order valence-corrected chi connectivity index (χ3v) is 3.28. The van der Waals surface area contributed by atoms with E-state index < -0.39 is 17.2 Å². The van der Waals surface area contributed by atoms with Gasteiger partial charge in [-0.25, -0.2) is 9.78 Å².